The van der Waals surface area contributed by atoms with Crippen LogP contribution in [0, 0.1) is 0 Å². The number of hydrogen-bond acceptors (Lipinski definition) is 4. The third-order valence-electron chi connectivity index (χ3n) is 3.89. The number of nitrogens with zero attached hydrogens (tertiary/aromatic N) is 2. The molecule has 2 N–H and O–H groups in total. The van der Waals surface area contributed by atoms with Crippen molar-refractivity contribution in [1.29, 1.82) is 0 Å². The van der Waals surface area contributed by atoms with E-state index in [9.17, 15) is 22.8 Å². The van der Waals surface area contributed by atoms with Crippen molar-refractivity contribution in [3.05, 3.63) is 34.3 Å². The fourth-order valence-corrected chi connectivity index (χ4v) is 2.90. The summed E-state index contributed by atoms with van der Waals surface area (Å²) >= 11 is 3.38. The number of piperazine rings is 1. The molecule has 1 aliphatic heterocycles. The maximum absolute atomic E-state index is 12.6. The molecule has 1 heterocycles. The van der Waals surface area contributed by atoms with Gasteiger partial charge in [0.05, 0.1) is 0 Å². The van der Waals surface area contributed by atoms with Crippen molar-refractivity contribution in [1.82, 2.24) is 15.1 Å². The Balaban J connectivity index is 0.000000516. The first kappa shape index (κ1) is 24.9. The highest BCUT2D eigenvalue weighted by molar-refractivity contribution is 9.10. The van der Waals surface area contributed by atoms with Gasteiger partial charge in [0.25, 0.3) is 5.91 Å². The summed E-state index contributed by atoms with van der Waals surface area (Å²) in [6.45, 7) is 5.81. The van der Waals surface area contributed by atoms with E-state index < -0.39 is 12.1 Å². The third-order valence-corrected chi connectivity index (χ3v) is 4.38. The Labute approximate surface area is 175 Å². The second kappa shape index (κ2) is 11.8. The van der Waals surface area contributed by atoms with E-state index in [4.69, 9.17) is 9.90 Å². The summed E-state index contributed by atoms with van der Waals surface area (Å²) in [6.07, 6.45) is -4.26. The molecule has 0 aromatic heterocycles. The molecule has 1 aliphatic rings. The zero-order valence-electron chi connectivity index (χ0n) is 15.8. The molecule has 0 spiro atoms. The lowest BCUT2D eigenvalue weighted by Gasteiger charge is -2.30. The van der Waals surface area contributed by atoms with E-state index in [0.717, 1.165) is 24.0 Å². The quantitative estimate of drug-likeness (QED) is 0.673. The molecular weight excluding hydrogens is 459 g/mol. The molecule has 0 saturated carbocycles. The van der Waals surface area contributed by atoms with E-state index in [-0.39, 0.29) is 18.4 Å². The van der Waals surface area contributed by atoms with Crippen LogP contribution in [-0.2, 0) is 9.59 Å². The van der Waals surface area contributed by atoms with Gasteiger partial charge in [-0.15, -0.1) is 0 Å². The number of carbonyl (C=O) groups excluding carboxylic acids is 2. The van der Waals surface area contributed by atoms with Crippen molar-refractivity contribution in [2.75, 3.05) is 39.3 Å². The van der Waals surface area contributed by atoms with Gasteiger partial charge in [0.1, 0.15) is 6.54 Å². The van der Waals surface area contributed by atoms with Gasteiger partial charge < -0.3 is 20.2 Å². The Morgan fingerprint density at radius 3 is 2.31 bits per heavy atom. The van der Waals surface area contributed by atoms with E-state index in [2.05, 4.69) is 21.2 Å². The summed E-state index contributed by atoms with van der Waals surface area (Å²) in [6, 6.07) is 7.29. The zero-order valence-corrected chi connectivity index (χ0v) is 17.4. The number of carboxylic acids is 1. The first-order chi connectivity index (χ1) is 13.6. The van der Waals surface area contributed by atoms with Gasteiger partial charge in [0.15, 0.2) is 0 Å². The van der Waals surface area contributed by atoms with Gasteiger partial charge in [-0.2, -0.15) is 13.2 Å². The molecule has 1 saturated heterocycles. The summed E-state index contributed by atoms with van der Waals surface area (Å²) in [4.78, 5) is 37.4. The van der Waals surface area contributed by atoms with Crippen LogP contribution in [0.4, 0.5) is 13.2 Å². The number of carboxylic acid groups (broad SMARTS) is 1. The van der Waals surface area contributed by atoms with E-state index in [1.54, 1.807) is 17.0 Å². The largest absolute Gasteiger partial charge is 0.490 e. The molecule has 11 heteroatoms. The topological polar surface area (TPSA) is 90.0 Å². The first-order valence-electron chi connectivity index (χ1n) is 8.89. The van der Waals surface area contributed by atoms with Crippen LogP contribution < -0.4 is 5.32 Å². The van der Waals surface area contributed by atoms with Crippen molar-refractivity contribution in [2.45, 2.75) is 19.5 Å². The van der Waals surface area contributed by atoms with E-state index in [1.165, 1.54) is 0 Å². The minimum absolute atomic E-state index is 0.0262. The number of halogens is 4. The van der Waals surface area contributed by atoms with Crippen molar-refractivity contribution < 1.29 is 32.7 Å². The average molecular weight is 482 g/mol. The molecule has 0 atom stereocenters. The minimum Gasteiger partial charge on any atom is -0.475 e. The highest BCUT2D eigenvalue weighted by Gasteiger charge is 2.38. The molecule has 2 rings (SSSR count). The fourth-order valence-electron chi connectivity index (χ4n) is 2.50. The second-order valence-corrected chi connectivity index (χ2v) is 7.09. The first-order valence-corrected chi connectivity index (χ1v) is 9.69. The Morgan fingerprint density at radius 1 is 1.24 bits per heavy atom. The highest BCUT2D eigenvalue weighted by Crippen LogP contribution is 2.14. The number of alkyl halides is 3. The van der Waals surface area contributed by atoms with Crippen LogP contribution in [-0.4, -0.2) is 78.1 Å². The Bertz CT molecular complexity index is 710. The van der Waals surface area contributed by atoms with Crippen LogP contribution in [0.25, 0.3) is 0 Å². The molecule has 0 aliphatic carbocycles. The predicted molar refractivity (Wildman–Crippen MR) is 103 cm³/mol. The van der Waals surface area contributed by atoms with Crippen LogP contribution in [0.1, 0.15) is 23.7 Å². The Morgan fingerprint density at radius 2 is 1.83 bits per heavy atom. The average Bonchev–Trinajstić information content (AvgIpc) is 2.67. The molecule has 1 fully saturated rings. The van der Waals surface area contributed by atoms with Gasteiger partial charge in [0.2, 0.25) is 5.91 Å². The van der Waals surface area contributed by atoms with E-state index >= 15 is 0 Å². The van der Waals surface area contributed by atoms with Gasteiger partial charge in [-0.25, -0.2) is 4.79 Å². The summed E-state index contributed by atoms with van der Waals surface area (Å²) in [5.41, 5.74) is 0.607. The molecule has 0 radical (unpaired) electrons. The predicted octanol–water partition coefficient (Wildman–Crippen LogP) is 2.37. The lowest BCUT2D eigenvalue weighted by Crippen LogP contribution is -2.50. The molecule has 0 unspecified atom stereocenters. The number of carbonyl (C=O) groups is 3. The molecule has 1 aromatic rings. The molecule has 162 valence electrons. The molecule has 29 heavy (non-hydrogen) atoms. The van der Waals surface area contributed by atoms with Crippen molar-refractivity contribution in [2.24, 2.45) is 0 Å². The highest BCUT2D eigenvalue weighted by atomic mass is 79.9. The van der Waals surface area contributed by atoms with Gasteiger partial charge in [0, 0.05) is 42.8 Å². The number of benzene rings is 1. The maximum atomic E-state index is 12.6. The lowest BCUT2D eigenvalue weighted by molar-refractivity contribution is -0.192. The standard InChI is InChI=1S/C16H22BrN3O2.C2HF3O2/c1-2-8-20(12-15(21)19-9-6-18-7-10-19)16(22)13-4-3-5-14(17)11-13;3-2(4,5)1(6)7/h3-5,11,18H,2,6-10,12H2,1H3;(H,6,7). The minimum atomic E-state index is -5.08. The zero-order chi connectivity index (χ0) is 22.0. The summed E-state index contributed by atoms with van der Waals surface area (Å²) < 4.78 is 32.6. The van der Waals surface area contributed by atoms with Gasteiger partial charge >= 0.3 is 12.1 Å². The Kier molecular flexibility index (Phi) is 10.1. The smallest absolute Gasteiger partial charge is 0.475 e. The second-order valence-electron chi connectivity index (χ2n) is 6.17. The van der Waals surface area contributed by atoms with Gasteiger partial charge in [-0.3, -0.25) is 9.59 Å². The third kappa shape index (κ3) is 8.82. The van der Waals surface area contributed by atoms with Crippen molar-refractivity contribution >= 4 is 33.7 Å². The summed E-state index contributed by atoms with van der Waals surface area (Å²) in [5.74, 6) is -2.82. The van der Waals surface area contributed by atoms with Crippen LogP contribution in [0.3, 0.4) is 0 Å². The number of rotatable bonds is 5. The SMILES string of the molecule is CCCN(CC(=O)N1CCNCC1)C(=O)c1cccc(Br)c1.O=C(O)C(F)(F)F. The van der Waals surface area contributed by atoms with Crippen LogP contribution in [0.2, 0.25) is 0 Å². The van der Waals surface area contributed by atoms with Crippen LogP contribution in [0.5, 0.6) is 0 Å². The number of aliphatic carboxylic acids is 1. The summed E-state index contributed by atoms with van der Waals surface area (Å²) in [5, 5.41) is 10.3. The van der Waals surface area contributed by atoms with Crippen molar-refractivity contribution in [3.63, 3.8) is 0 Å². The monoisotopic (exact) mass is 481 g/mol. The molecule has 2 amide bonds. The number of nitrogens with one attached hydrogen (secondary N) is 1. The molecule has 7 nitrogen and oxygen atoms in total. The molecule has 1 aromatic carbocycles. The molecule has 0 bridgehead atoms. The number of hydrogen-bond donors (Lipinski definition) is 2. The lowest BCUT2D eigenvalue weighted by atomic mass is 10.2. The fraction of sp³-hybridized carbons (Fsp3) is 0.500. The summed E-state index contributed by atoms with van der Waals surface area (Å²) in [7, 11) is 0. The normalized spacial score (nSPS) is 13.9. The maximum Gasteiger partial charge on any atom is 0.490 e. The Hall–Kier alpha value is -2.14. The number of amides is 2. The van der Waals surface area contributed by atoms with Crippen molar-refractivity contribution in [3.8, 4) is 0 Å². The molecular formula is C18H23BrF3N3O4. The van der Waals surface area contributed by atoms with E-state index in [1.807, 2.05) is 24.0 Å². The van der Waals surface area contributed by atoms with Gasteiger partial charge in [-0.05, 0) is 24.6 Å². The van der Waals surface area contributed by atoms with Crippen LogP contribution in [0.15, 0.2) is 28.7 Å². The van der Waals surface area contributed by atoms with Gasteiger partial charge in [-0.1, -0.05) is 28.9 Å². The van der Waals surface area contributed by atoms with Crippen LogP contribution >= 0.6 is 15.9 Å². The van der Waals surface area contributed by atoms with E-state index in [0.29, 0.717) is 25.2 Å².